The first-order chi connectivity index (χ1) is 12.5. The molecule has 0 spiro atoms. The average molecular weight is 381 g/mol. The molecule has 1 fully saturated rings. The number of amides is 2. The van der Waals surface area contributed by atoms with Crippen LogP contribution in [0.15, 0.2) is 24.3 Å². The summed E-state index contributed by atoms with van der Waals surface area (Å²) < 4.78 is 0. The van der Waals surface area contributed by atoms with Crippen molar-refractivity contribution < 1.29 is 9.59 Å². The molecule has 1 atom stereocenters. The standard InChI is InChI=1S/C19H29ClN4O2/c1-3-4-8-21-18(25)14-23-9-11-24(12-10-23)15(2)19(26)22-17-7-5-6-16(20)13-17/h5-7,13,15H,3-4,8-12,14H2,1-2H3,(H,21,25)(H,22,26)/t15-/m0/s1. The Bertz CT molecular complexity index is 603. The van der Waals surface area contributed by atoms with E-state index in [1.807, 2.05) is 19.1 Å². The lowest BCUT2D eigenvalue weighted by atomic mass is 10.2. The van der Waals surface area contributed by atoms with Gasteiger partial charge in [-0.1, -0.05) is 31.0 Å². The molecule has 7 heteroatoms. The number of nitrogens with zero attached hydrogens (tertiary/aromatic N) is 2. The Kier molecular flexibility index (Phi) is 8.35. The highest BCUT2D eigenvalue weighted by atomic mass is 35.5. The van der Waals surface area contributed by atoms with E-state index in [0.29, 0.717) is 17.3 Å². The molecule has 6 nitrogen and oxygen atoms in total. The minimum Gasteiger partial charge on any atom is -0.355 e. The lowest BCUT2D eigenvalue weighted by molar-refractivity contribution is -0.124. The van der Waals surface area contributed by atoms with E-state index in [4.69, 9.17) is 11.6 Å². The van der Waals surface area contributed by atoms with Crippen molar-refractivity contribution in [3.63, 3.8) is 0 Å². The summed E-state index contributed by atoms with van der Waals surface area (Å²) in [6, 6.07) is 6.92. The summed E-state index contributed by atoms with van der Waals surface area (Å²) in [5.74, 6) is 0.0386. The Morgan fingerprint density at radius 2 is 1.96 bits per heavy atom. The van der Waals surface area contributed by atoms with Gasteiger partial charge in [-0.25, -0.2) is 0 Å². The van der Waals surface area contributed by atoms with Gasteiger partial charge in [-0.05, 0) is 31.5 Å². The summed E-state index contributed by atoms with van der Waals surface area (Å²) in [6.45, 7) is 8.31. The van der Waals surface area contributed by atoms with Crippen molar-refractivity contribution in [2.45, 2.75) is 32.7 Å². The van der Waals surface area contributed by atoms with Gasteiger partial charge in [0.25, 0.3) is 0 Å². The van der Waals surface area contributed by atoms with Crippen molar-refractivity contribution in [2.75, 3.05) is 44.6 Å². The number of halogens is 1. The number of nitrogens with one attached hydrogen (secondary N) is 2. The third-order valence-electron chi connectivity index (χ3n) is 4.65. The Balaban J connectivity index is 1.74. The van der Waals surface area contributed by atoms with Crippen LogP contribution in [0.3, 0.4) is 0 Å². The first kappa shape index (κ1) is 20.7. The van der Waals surface area contributed by atoms with Crippen molar-refractivity contribution in [2.24, 2.45) is 0 Å². The van der Waals surface area contributed by atoms with Crippen LogP contribution >= 0.6 is 11.6 Å². The predicted octanol–water partition coefficient (Wildman–Crippen LogP) is 2.20. The van der Waals surface area contributed by atoms with Gasteiger partial charge in [0.1, 0.15) is 0 Å². The number of hydrogen-bond acceptors (Lipinski definition) is 4. The van der Waals surface area contributed by atoms with E-state index in [2.05, 4.69) is 27.4 Å². The highest BCUT2D eigenvalue weighted by Crippen LogP contribution is 2.16. The lowest BCUT2D eigenvalue weighted by Gasteiger charge is -2.37. The maximum Gasteiger partial charge on any atom is 0.241 e. The minimum atomic E-state index is -0.227. The molecule has 0 bridgehead atoms. The zero-order valence-electron chi connectivity index (χ0n) is 15.6. The lowest BCUT2D eigenvalue weighted by Crippen LogP contribution is -2.54. The fraction of sp³-hybridized carbons (Fsp3) is 0.579. The summed E-state index contributed by atoms with van der Waals surface area (Å²) >= 11 is 5.95. The van der Waals surface area contributed by atoms with E-state index in [9.17, 15) is 9.59 Å². The van der Waals surface area contributed by atoms with E-state index >= 15 is 0 Å². The van der Waals surface area contributed by atoms with Gasteiger partial charge in [0.15, 0.2) is 0 Å². The third kappa shape index (κ3) is 6.59. The van der Waals surface area contributed by atoms with Crippen LogP contribution in [0, 0.1) is 0 Å². The van der Waals surface area contributed by atoms with E-state index in [-0.39, 0.29) is 17.9 Å². The Morgan fingerprint density at radius 3 is 2.62 bits per heavy atom. The molecular formula is C19H29ClN4O2. The molecule has 1 heterocycles. The Labute approximate surface area is 160 Å². The maximum atomic E-state index is 12.5. The minimum absolute atomic E-state index is 0.0435. The number of unbranched alkanes of at least 4 members (excludes halogenated alkanes) is 1. The smallest absolute Gasteiger partial charge is 0.241 e. The van der Waals surface area contributed by atoms with Crippen molar-refractivity contribution in [3.8, 4) is 0 Å². The van der Waals surface area contributed by atoms with Gasteiger partial charge < -0.3 is 10.6 Å². The van der Waals surface area contributed by atoms with Crippen LogP contribution in [0.4, 0.5) is 5.69 Å². The molecule has 2 rings (SSSR count). The fourth-order valence-electron chi connectivity index (χ4n) is 2.95. The largest absolute Gasteiger partial charge is 0.355 e. The van der Waals surface area contributed by atoms with Gasteiger partial charge in [-0.3, -0.25) is 19.4 Å². The van der Waals surface area contributed by atoms with E-state index < -0.39 is 0 Å². The van der Waals surface area contributed by atoms with E-state index in [0.717, 1.165) is 45.6 Å². The SMILES string of the molecule is CCCCNC(=O)CN1CCN([C@@H](C)C(=O)Nc2cccc(Cl)c2)CC1. The van der Waals surface area contributed by atoms with Crippen LogP contribution in [0.25, 0.3) is 0 Å². The van der Waals surface area contributed by atoms with Crippen LogP contribution in [-0.2, 0) is 9.59 Å². The van der Waals surface area contributed by atoms with Crippen molar-refractivity contribution in [3.05, 3.63) is 29.3 Å². The molecule has 0 aromatic heterocycles. The number of carbonyl (C=O) groups excluding carboxylic acids is 2. The first-order valence-electron chi connectivity index (χ1n) is 9.29. The quantitative estimate of drug-likeness (QED) is 0.678. The normalized spacial score (nSPS) is 16.9. The number of benzene rings is 1. The maximum absolute atomic E-state index is 12.5. The van der Waals surface area contributed by atoms with Crippen molar-refractivity contribution in [1.29, 1.82) is 0 Å². The molecule has 26 heavy (non-hydrogen) atoms. The van der Waals surface area contributed by atoms with Gasteiger partial charge in [0.2, 0.25) is 11.8 Å². The molecule has 1 aliphatic rings. The molecule has 144 valence electrons. The third-order valence-corrected chi connectivity index (χ3v) is 4.88. The molecule has 1 aromatic carbocycles. The summed E-state index contributed by atoms with van der Waals surface area (Å²) in [7, 11) is 0. The molecule has 0 aliphatic carbocycles. The second-order valence-electron chi connectivity index (χ2n) is 6.69. The van der Waals surface area contributed by atoms with Crippen LogP contribution in [0.5, 0.6) is 0 Å². The average Bonchev–Trinajstić information content (AvgIpc) is 2.62. The van der Waals surface area contributed by atoms with Crippen LogP contribution in [0.2, 0.25) is 5.02 Å². The number of carbonyl (C=O) groups is 2. The molecule has 0 saturated carbocycles. The van der Waals surface area contributed by atoms with Gasteiger partial charge in [-0.15, -0.1) is 0 Å². The molecular weight excluding hydrogens is 352 g/mol. The van der Waals surface area contributed by atoms with E-state index in [1.165, 1.54) is 0 Å². The second kappa shape index (κ2) is 10.5. The molecule has 1 aromatic rings. The number of hydrogen-bond donors (Lipinski definition) is 2. The monoisotopic (exact) mass is 380 g/mol. The first-order valence-corrected chi connectivity index (χ1v) is 9.67. The zero-order chi connectivity index (χ0) is 18.9. The summed E-state index contributed by atoms with van der Waals surface area (Å²) in [5.41, 5.74) is 0.705. The van der Waals surface area contributed by atoms with Crippen LogP contribution in [0.1, 0.15) is 26.7 Å². The summed E-state index contributed by atoms with van der Waals surface area (Å²) in [6.07, 6.45) is 2.09. The van der Waals surface area contributed by atoms with Crippen LogP contribution in [-0.4, -0.2) is 66.9 Å². The summed E-state index contributed by atoms with van der Waals surface area (Å²) in [5, 5.41) is 6.45. The molecule has 1 aliphatic heterocycles. The molecule has 0 unspecified atom stereocenters. The predicted molar refractivity (Wildman–Crippen MR) is 105 cm³/mol. The van der Waals surface area contributed by atoms with Gasteiger partial charge >= 0.3 is 0 Å². The molecule has 1 saturated heterocycles. The fourth-order valence-corrected chi connectivity index (χ4v) is 3.14. The molecule has 2 amide bonds. The van der Waals surface area contributed by atoms with Gasteiger partial charge in [0, 0.05) is 43.4 Å². The number of rotatable bonds is 8. The summed E-state index contributed by atoms with van der Waals surface area (Å²) in [4.78, 5) is 28.6. The van der Waals surface area contributed by atoms with Crippen molar-refractivity contribution in [1.82, 2.24) is 15.1 Å². The molecule has 2 N–H and O–H groups in total. The molecule has 0 radical (unpaired) electrons. The Morgan fingerprint density at radius 1 is 1.23 bits per heavy atom. The highest BCUT2D eigenvalue weighted by Gasteiger charge is 2.26. The van der Waals surface area contributed by atoms with Crippen LogP contribution < -0.4 is 10.6 Å². The highest BCUT2D eigenvalue weighted by molar-refractivity contribution is 6.30. The van der Waals surface area contributed by atoms with Gasteiger partial charge in [-0.2, -0.15) is 0 Å². The van der Waals surface area contributed by atoms with Crippen molar-refractivity contribution >= 4 is 29.1 Å². The number of anilines is 1. The second-order valence-corrected chi connectivity index (χ2v) is 7.13. The number of piperazine rings is 1. The van der Waals surface area contributed by atoms with Gasteiger partial charge in [0.05, 0.1) is 12.6 Å². The van der Waals surface area contributed by atoms with E-state index in [1.54, 1.807) is 12.1 Å². The zero-order valence-corrected chi connectivity index (χ0v) is 16.4. The Hall–Kier alpha value is -1.63. The topological polar surface area (TPSA) is 64.7 Å².